The fourth-order valence-electron chi connectivity index (χ4n) is 1.01. The molecule has 0 amide bonds. The smallest absolute Gasteiger partial charge is 0.0353 e. The van der Waals surface area contributed by atoms with Crippen molar-refractivity contribution in [1.29, 1.82) is 0 Å². The van der Waals surface area contributed by atoms with Gasteiger partial charge < -0.3 is 0 Å². The molecule has 0 nitrogen and oxygen atoms in total. The third-order valence-electron chi connectivity index (χ3n) is 2.75. The Bertz CT molecular complexity index is 297. The van der Waals surface area contributed by atoms with Crippen LogP contribution in [0.2, 0.25) is 0 Å². The first-order valence-corrected chi connectivity index (χ1v) is 11.6. The molecule has 0 saturated heterocycles. The molecule has 174 valence electrons. The SMILES string of the molecule is C=CCC.C=CCCC.CC=CC.CC=CCC.CC=CCC.CC=CCCC. The Morgan fingerprint density at radius 2 is 0.793 bits per heavy atom. The molecule has 0 saturated carbocycles. The van der Waals surface area contributed by atoms with Gasteiger partial charge in [0.25, 0.3) is 0 Å². The number of unbranched alkanes of at least 4 members (excludes halogenated alkanes) is 2. The third kappa shape index (κ3) is 177. The maximum Gasteiger partial charge on any atom is -0.0353 e. The quantitative estimate of drug-likeness (QED) is 0.369. The fourth-order valence-corrected chi connectivity index (χ4v) is 1.01. The molecule has 0 rings (SSSR count). The van der Waals surface area contributed by atoms with Crippen LogP contribution in [0, 0.1) is 0 Å². The average Bonchev–Trinajstić information content (AvgIpc) is 2.75. The molecule has 0 aromatic rings. The van der Waals surface area contributed by atoms with E-state index >= 15 is 0 Å². The van der Waals surface area contributed by atoms with Gasteiger partial charge in [-0.3, -0.25) is 0 Å². The average molecular weight is 407 g/mol. The van der Waals surface area contributed by atoms with Crippen molar-refractivity contribution < 1.29 is 0 Å². The molecule has 0 fully saturated rings. The molecule has 0 aromatic heterocycles. The highest BCUT2D eigenvalue weighted by atomic mass is 13.7. The summed E-state index contributed by atoms with van der Waals surface area (Å²) >= 11 is 0. The summed E-state index contributed by atoms with van der Waals surface area (Å²) in [6.45, 7) is 27.8. The first kappa shape index (κ1) is 41.7. The molecule has 0 heterocycles. The van der Waals surface area contributed by atoms with Crippen molar-refractivity contribution in [2.24, 2.45) is 0 Å². The number of allylic oxidation sites excluding steroid dienone is 10. The number of hydrogen-bond donors (Lipinski definition) is 0. The van der Waals surface area contributed by atoms with Crippen molar-refractivity contribution in [1.82, 2.24) is 0 Å². The molecule has 29 heavy (non-hydrogen) atoms. The van der Waals surface area contributed by atoms with Crippen LogP contribution in [0.25, 0.3) is 0 Å². The van der Waals surface area contributed by atoms with Crippen molar-refractivity contribution in [3.05, 3.63) is 73.9 Å². The minimum Gasteiger partial charge on any atom is -0.103 e. The Morgan fingerprint density at radius 3 is 0.828 bits per heavy atom. The summed E-state index contributed by atoms with van der Waals surface area (Å²) in [5.41, 5.74) is 0. The molecule has 0 aromatic carbocycles. The van der Waals surface area contributed by atoms with Crippen LogP contribution < -0.4 is 0 Å². The summed E-state index contributed by atoms with van der Waals surface area (Å²) in [7, 11) is 0. The van der Waals surface area contributed by atoms with Crippen LogP contribution in [0.5, 0.6) is 0 Å². The molecule has 0 N–H and O–H groups in total. The molecule has 0 bridgehead atoms. The third-order valence-corrected chi connectivity index (χ3v) is 2.75. The van der Waals surface area contributed by atoms with Crippen LogP contribution in [-0.4, -0.2) is 0 Å². The molecular formula is C29H58. The molecule has 0 radical (unpaired) electrons. The Morgan fingerprint density at radius 1 is 0.448 bits per heavy atom. The Kier molecular flexibility index (Phi) is 103. The summed E-state index contributed by atoms with van der Waals surface area (Å²) in [6, 6.07) is 0. The number of rotatable bonds is 7. The van der Waals surface area contributed by atoms with Gasteiger partial charge in [0, 0.05) is 0 Å². The van der Waals surface area contributed by atoms with Crippen molar-refractivity contribution in [2.75, 3.05) is 0 Å². The normalized spacial score (nSPS) is 9.03. The molecule has 0 aliphatic carbocycles. The highest BCUT2D eigenvalue weighted by Gasteiger charge is 1.65. The maximum atomic E-state index is 3.55. The van der Waals surface area contributed by atoms with Crippen LogP contribution in [0.15, 0.2) is 73.9 Å². The van der Waals surface area contributed by atoms with E-state index in [-0.39, 0.29) is 0 Å². The first-order valence-electron chi connectivity index (χ1n) is 11.6. The van der Waals surface area contributed by atoms with Crippen LogP contribution in [0.3, 0.4) is 0 Å². The van der Waals surface area contributed by atoms with E-state index in [9.17, 15) is 0 Å². The van der Waals surface area contributed by atoms with E-state index < -0.39 is 0 Å². The Balaban J connectivity index is -0.0000000550. The van der Waals surface area contributed by atoms with E-state index in [1.807, 2.05) is 52.0 Å². The van der Waals surface area contributed by atoms with Gasteiger partial charge >= 0.3 is 0 Å². The summed E-state index contributed by atoms with van der Waals surface area (Å²) in [5, 5.41) is 0. The predicted molar refractivity (Wildman–Crippen MR) is 146 cm³/mol. The van der Waals surface area contributed by atoms with Crippen molar-refractivity contribution in [3.63, 3.8) is 0 Å². The van der Waals surface area contributed by atoms with E-state index in [0.29, 0.717) is 0 Å². The summed E-state index contributed by atoms with van der Waals surface area (Å²) < 4.78 is 0. The van der Waals surface area contributed by atoms with Gasteiger partial charge in [-0.25, -0.2) is 0 Å². The van der Waals surface area contributed by atoms with Gasteiger partial charge in [0.05, 0.1) is 0 Å². The second-order valence-corrected chi connectivity index (χ2v) is 5.75. The highest BCUT2D eigenvalue weighted by Crippen LogP contribution is 1.85. The molecule has 0 heteroatoms. The van der Waals surface area contributed by atoms with Crippen molar-refractivity contribution in [3.8, 4) is 0 Å². The van der Waals surface area contributed by atoms with Crippen LogP contribution in [0.1, 0.15) is 114 Å². The number of hydrogen-bond acceptors (Lipinski definition) is 0. The summed E-state index contributed by atoms with van der Waals surface area (Å²) in [5.74, 6) is 0. The summed E-state index contributed by atoms with van der Waals surface area (Å²) in [6.07, 6.45) is 28.7. The van der Waals surface area contributed by atoms with Crippen molar-refractivity contribution >= 4 is 0 Å². The minimum atomic E-state index is 1.08. The lowest BCUT2D eigenvalue weighted by molar-refractivity contribution is 0.957. The second kappa shape index (κ2) is 71.8. The lowest BCUT2D eigenvalue weighted by Crippen LogP contribution is -1.55. The minimum absolute atomic E-state index is 1.08. The zero-order valence-corrected chi connectivity index (χ0v) is 22.1. The van der Waals surface area contributed by atoms with Crippen molar-refractivity contribution in [2.45, 2.75) is 114 Å². The van der Waals surface area contributed by atoms with Gasteiger partial charge in [-0.1, -0.05) is 108 Å². The fraction of sp³-hybridized carbons (Fsp3) is 0.586. The molecule has 0 spiro atoms. The Labute approximate surface area is 188 Å². The standard InChI is InChI=1S/C6H12.3C5H10.2C4H8/c1-3-5-6-4-2;3*1-3-5-4-2;2*1-3-4-2/h3,5H,4,6H2,1-2H3;2*3,5H,4H2,1-2H3;3H,1,4-5H2,2H3;3-4H,1-2H3;3H,1,4H2,2H3. The van der Waals surface area contributed by atoms with Gasteiger partial charge in [0.15, 0.2) is 0 Å². The van der Waals surface area contributed by atoms with Gasteiger partial charge in [0.2, 0.25) is 0 Å². The van der Waals surface area contributed by atoms with Gasteiger partial charge in [-0.2, -0.15) is 0 Å². The molecular weight excluding hydrogens is 348 g/mol. The van der Waals surface area contributed by atoms with Crippen LogP contribution in [0.4, 0.5) is 0 Å². The predicted octanol–water partition coefficient (Wildman–Crippen LogP) is 11.4. The monoisotopic (exact) mass is 406 g/mol. The van der Waals surface area contributed by atoms with Gasteiger partial charge in [-0.15, -0.1) is 13.2 Å². The zero-order valence-electron chi connectivity index (χ0n) is 22.1. The van der Waals surface area contributed by atoms with Gasteiger partial charge in [-0.05, 0) is 66.7 Å². The van der Waals surface area contributed by atoms with E-state index in [1.54, 1.807) is 0 Å². The van der Waals surface area contributed by atoms with E-state index in [2.05, 4.69) is 91.2 Å². The molecule has 0 aliphatic rings. The second-order valence-electron chi connectivity index (χ2n) is 5.75. The molecule has 0 unspecified atom stereocenters. The summed E-state index contributed by atoms with van der Waals surface area (Å²) in [4.78, 5) is 0. The van der Waals surface area contributed by atoms with E-state index in [1.165, 1.54) is 19.3 Å². The van der Waals surface area contributed by atoms with E-state index in [0.717, 1.165) is 25.7 Å². The van der Waals surface area contributed by atoms with Gasteiger partial charge in [0.1, 0.15) is 0 Å². The first-order chi connectivity index (χ1) is 14.0. The highest BCUT2D eigenvalue weighted by molar-refractivity contribution is 4.75. The molecule has 0 aliphatic heterocycles. The van der Waals surface area contributed by atoms with Crippen LogP contribution >= 0.6 is 0 Å². The van der Waals surface area contributed by atoms with Crippen LogP contribution in [-0.2, 0) is 0 Å². The Hall–Kier alpha value is -1.56. The zero-order chi connectivity index (χ0) is 24.0. The maximum absolute atomic E-state index is 3.55. The lowest BCUT2D eigenvalue weighted by Gasteiger charge is -1.76. The molecule has 0 atom stereocenters. The lowest BCUT2D eigenvalue weighted by atomic mass is 10.3. The topological polar surface area (TPSA) is 0 Å². The van der Waals surface area contributed by atoms with E-state index in [4.69, 9.17) is 0 Å². The largest absolute Gasteiger partial charge is 0.103 e.